The Kier molecular flexibility index (Phi) is 4.60. The summed E-state index contributed by atoms with van der Waals surface area (Å²) in [6, 6.07) is 4.18. The Balaban J connectivity index is 1.76. The Morgan fingerprint density at radius 3 is 3.04 bits per heavy atom. The maximum atomic E-state index is 12.8. The predicted octanol–water partition coefficient (Wildman–Crippen LogP) is 2.25. The van der Waals surface area contributed by atoms with E-state index in [4.69, 9.17) is 0 Å². The SMILES string of the molecule is CCc1nccn1CC(=O)N1CCC[C@@H]1c1ccnc(NC)c1. The van der Waals surface area contributed by atoms with Gasteiger partial charge in [0.2, 0.25) is 5.91 Å². The number of carbonyl (C=O) groups excluding carboxylic acids is 1. The summed E-state index contributed by atoms with van der Waals surface area (Å²) in [4.78, 5) is 23.3. The van der Waals surface area contributed by atoms with Gasteiger partial charge in [-0.05, 0) is 30.5 Å². The second-order valence-electron chi connectivity index (χ2n) is 5.79. The number of anilines is 1. The van der Waals surface area contributed by atoms with Crippen molar-refractivity contribution in [1.82, 2.24) is 19.4 Å². The second kappa shape index (κ2) is 6.81. The second-order valence-corrected chi connectivity index (χ2v) is 5.79. The van der Waals surface area contributed by atoms with Crippen molar-refractivity contribution in [3.63, 3.8) is 0 Å². The molecule has 2 aromatic heterocycles. The molecule has 3 rings (SSSR count). The lowest BCUT2D eigenvalue weighted by atomic mass is 10.1. The molecule has 1 fully saturated rings. The van der Waals surface area contributed by atoms with Gasteiger partial charge in [-0.15, -0.1) is 0 Å². The van der Waals surface area contributed by atoms with E-state index < -0.39 is 0 Å². The van der Waals surface area contributed by atoms with Crippen LogP contribution in [0, 0.1) is 0 Å². The van der Waals surface area contributed by atoms with E-state index in [0.717, 1.165) is 43.0 Å². The van der Waals surface area contributed by atoms with Crippen LogP contribution in [-0.2, 0) is 17.8 Å². The van der Waals surface area contributed by atoms with E-state index in [2.05, 4.69) is 22.2 Å². The molecule has 0 aliphatic carbocycles. The predicted molar refractivity (Wildman–Crippen MR) is 89.1 cm³/mol. The summed E-state index contributed by atoms with van der Waals surface area (Å²) in [6.07, 6.45) is 8.32. The maximum Gasteiger partial charge on any atom is 0.243 e. The fraction of sp³-hybridized carbons (Fsp3) is 0.471. The number of hydrogen-bond acceptors (Lipinski definition) is 4. The fourth-order valence-corrected chi connectivity index (χ4v) is 3.24. The van der Waals surface area contributed by atoms with Crippen molar-refractivity contribution in [3.8, 4) is 0 Å². The first kappa shape index (κ1) is 15.5. The zero-order valence-electron chi connectivity index (χ0n) is 13.7. The number of aromatic nitrogens is 3. The minimum absolute atomic E-state index is 0.145. The van der Waals surface area contributed by atoms with Gasteiger partial charge in [0.25, 0.3) is 0 Å². The molecule has 6 heteroatoms. The molecule has 1 N–H and O–H groups in total. The monoisotopic (exact) mass is 313 g/mol. The lowest BCUT2D eigenvalue weighted by Crippen LogP contribution is -2.33. The van der Waals surface area contributed by atoms with Crippen LogP contribution in [-0.4, -0.2) is 38.9 Å². The molecule has 0 bridgehead atoms. The average Bonchev–Trinajstić information content (AvgIpc) is 3.23. The number of aryl methyl sites for hydroxylation is 1. The first-order chi connectivity index (χ1) is 11.2. The van der Waals surface area contributed by atoms with E-state index >= 15 is 0 Å². The van der Waals surface area contributed by atoms with Gasteiger partial charge in [-0.25, -0.2) is 9.97 Å². The molecule has 0 radical (unpaired) electrons. The number of carbonyl (C=O) groups is 1. The number of hydrogen-bond donors (Lipinski definition) is 1. The van der Waals surface area contributed by atoms with Crippen molar-refractivity contribution >= 4 is 11.7 Å². The molecular weight excluding hydrogens is 290 g/mol. The Morgan fingerprint density at radius 1 is 1.39 bits per heavy atom. The summed E-state index contributed by atoms with van der Waals surface area (Å²) in [5.74, 6) is 1.95. The van der Waals surface area contributed by atoms with Gasteiger partial charge < -0.3 is 14.8 Å². The van der Waals surface area contributed by atoms with Gasteiger partial charge in [0.1, 0.15) is 18.2 Å². The van der Waals surface area contributed by atoms with Crippen LogP contribution < -0.4 is 5.32 Å². The van der Waals surface area contributed by atoms with E-state index in [0.29, 0.717) is 6.54 Å². The van der Waals surface area contributed by atoms with Crippen LogP contribution in [0.15, 0.2) is 30.7 Å². The highest BCUT2D eigenvalue weighted by atomic mass is 16.2. The number of rotatable bonds is 5. The van der Waals surface area contributed by atoms with Crippen molar-refractivity contribution < 1.29 is 4.79 Å². The number of nitrogens with zero attached hydrogens (tertiary/aromatic N) is 4. The van der Waals surface area contributed by atoms with Gasteiger partial charge in [-0.1, -0.05) is 6.92 Å². The summed E-state index contributed by atoms with van der Waals surface area (Å²) in [5.41, 5.74) is 1.15. The summed E-state index contributed by atoms with van der Waals surface area (Å²) in [5, 5.41) is 3.06. The molecule has 0 aromatic carbocycles. The molecule has 1 aliphatic rings. The summed E-state index contributed by atoms with van der Waals surface area (Å²) >= 11 is 0. The van der Waals surface area contributed by atoms with Crippen molar-refractivity contribution in [2.45, 2.75) is 38.8 Å². The van der Waals surface area contributed by atoms with E-state index in [1.54, 1.807) is 12.4 Å². The van der Waals surface area contributed by atoms with Crippen molar-refractivity contribution in [3.05, 3.63) is 42.1 Å². The number of likely N-dealkylation sites (tertiary alicyclic amines) is 1. The number of imidazole rings is 1. The van der Waals surface area contributed by atoms with E-state index in [1.807, 2.05) is 34.8 Å². The Labute approximate surface area is 136 Å². The zero-order valence-corrected chi connectivity index (χ0v) is 13.7. The molecule has 0 spiro atoms. The first-order valence-corrected chi connectivity index (χ1v) is 8.16. The quantitative estimate of drug-likeness (QED) is 0.919. The third kappa shape index (κ3) is 3.21. The van der Waals surface area contributed by atoms with Gasteiger partial charge in [-0.2, -0.15) is 0 Å². The molecule has 1 aliphatic heterocycles. The van der Waals surface area contributed by atoms with Crippen LogP contribution in [0.4, 0.5) is 5.82 Å². The Morgan fingerprint density at radius 2 is 2.26 bits per heavy atom. The number of pyridine rings is 1. The zero-order chi connectivity index (χ0) is 16.2. The summed E-state index contributed by atoms with van der Waals surface area (Å²) in [7, 11) is 1.86. The molecule has 3 heterocycles. The largest absolute Gasteiger partial charge is 0.373 e. The fourth-order valence-electron chi connectivity index (χ4n) is 3.24. The summed E-state index contributed by atoms with van der Waals surface area (Å²) < 4.78 is 1.95. The minimum atomic E-state index is 0.145. The molecule has 0 saturated carbocycles. The molecule has 122 valence electrons. The van der Waals surface area contributed by atoms with E-state index in [9.17, 15) is 4.79 Å². The van der Waals surface area contributed by atoms with Crippen LogP contribution in [0.2, 0.25) is 0 Å². The van der Waals surface area contributed by atoms with Crippen molar-refractivity contribution in [2.75, 3.05) is 18.9 Å². The van der Waals surface area contributed by atoms with Gasteiger partial charge in [0.15, 0.2) is 0 Å². The van der Waals surface area contributed by atoms with Crippen LogP contribution >= 0.6 is 0 Å². The van der Waals surface area contributed by atoms with E-state index in [1.165, 1.54) is 0 Å². The van der Waals surface area contributed by atoms with Crippen LogP contribution in [0.1, 0.15) is 37.2 Å². The molecule has 1 atom stereocenters. The normalized spacial score (nSPS) is 17.5. The number of amides is 1. The highest BCUT2D eigenvalue weighted by molar-refractivity contribution is 5.77. The minimum Gasteiger partial charge on any atom is -0.373 e. The smallest absolute Gasteiger partial charge is 0.243 e. The number of nitrogens with one attached hydrogen (secondary N) is 1. The highest BCUT2D eigenvalue weighted by Crippen LogP contribution is 2.32. The topological polar surface area (TPSA) is 63.1 Å². The molecule has 2 aromatic rings. The standard InChI is InChI=1S/C17H23N5O/c1-3-16-20-8-10-21(16)12-17(23)22-9-4-5-14(22)13-6-7-19-15(11-13)18-2/h6-8,10-11,14H,3-5,9,12H2,1-2H3,(H,18,19)/t14-/m1/s1. The summed E-state index contributed by atoms with van der Waals surface area (Å²) in [6.45, 7) is 3.23. The van der Waals surface area contributed by atoms with Crippen molar-refractivity contribution in [2.24, 2.45) is 0 Å². The van der Waals surface area contributed by atoms with Gasteiger partial charge in [-0.3, -0.25) is 4.79 Å². The Bertz CT molecular complexity index is 681. The maximum absolute atomic E-state index is 12.8. The van der Waals surface area contributed by atoms with Gasteiger partial charge >= 0.3 is 0 Å². The van der Waals surface area contributed by atoms with Gasteiger partial charge in [0, 0.05) is 38.6 Å². The lowest BCUT2D eigenvalue weighted by molar-refractivity contribution is -0.132. The lowest BCUT2D eigenvalue weighted by Gasteiger charge is -2.25. The third-order valence-corrected chi connectivity index (χ3v) is 4.42. The average molecular weight is 313 g/mol. The molecule has 1 amide bonds. The molecule has 1 saturated heterocycles. The first-order valence-electron chi connectivity index (χ1n) is 8.16. The molecule has 6 nitrogen and oxygen atoms in total. The van der Waals surface area contributed by atoms with Crippen LogP contribution in [0.25, 0.3) is 0 Å². The van der Waals surface area contributed by atoms with E-state index in [-0.39, 0.29) is 11.9 Å². The third-order valence-electron chi connectivity index (χ3n) is 4.42. The molecule has 0 unspecified atom stereocenters. The van der Waals surface area contributed by atoms with Crippen molar-refractivity contribution in [1.29, 1.82) is 0 Å². The van der Waals surface area contributed by atoms with Crippen LogP contribution in [0.5, 0.6) is 0 Å². The highest BCUT2D eigenvalue weighted by Gasteiger charge is 2.30. The molecule has 23 heavy (non-hydrogen) atoms. The van der Waals surface area contributed by atoms with Crippen LogP contribution in [0.3, 0.4) is 0 Å². The molecular formula is C17H23N5O. The van der Waals surface area contributed by atoms with Gasteiger partial charge in [0.05, 0.1) is 6.04 Å². The Hall–Kier alpha value is -2.37.